The largest absolute Gasteiger partial charge is 0.317 e. The van der Waals surface area contributed by atoms with Gasteiger partial charge in [-0.1, -0.05) is 33.1 Å². The zero-order valence-electron chi connectivity index (χ0n) is 12.5. The van der Waals surface area contributed by atoms with E-state index in [0.717, 1.165) is 32.4 Å². The average Bonchev–Trinajstić information content (AvgIpc) is 2.38. The van der Waals surface area contributed by atoms with E-state index in [2.05, 4.69) is 23.9 Å². The van der Waals surface area contributed by atoms with E-state index in [4.69, 9.17) is 0 Å². The third-order valence-corrected chi connectivity index (χ3v) is 5.38. The molecule has 1 saturated carbocycles. The monoisotopic (exact) mass is 290 g/mol. The second kappa shape index (κ2) is 8.22. The van der Waals surface area contributed by atoms with Gasteiger partial charge >= 0.3 is 0 Å². The number of sulfonamides is 1. The Kier molecular flexibility index (Phi) is 7.32. The van der Waals surface area contributed by atoms with Crippen LogP contribution in [-0.2, 0) is 10.0 Å². The molecule has 0 aromatic heterocycles. The SMILES string of the molecule is CCCNCCCS(=O)(=O)NCC1(C)CCCCC1. The van der Waals surface area contributed by atoms with Gasteiger partial charge in [0.05, 0.1) is 5.75 Å². The van der Waals surface area contributed by atoms with E-state index in [-0.39, 0.29) is 11.2 Å². The fraction of sp³-hybridized carbons (Fsp3) is 1.00. The number of hydrogen-bond donors (Lipinski definition) is 2. The minimum Gasteiger partial charge on any atom is -0.317 e. The summed E-state index contributed by atoms with van der Waals surface area (Å²) in [5.41, 5.74) is 0.172. The quantitative estimate of drug-likeness (QED) is 0.640. The van der Waals surface area contributed by atoms with Crippen molar-refractivity contribution in [3.8, 4) is 0 Å². The molecule has 1 aliphatic carbocycles. The zero-order chi connectivity index (χ0) is 14.2. The van der Waals surface area contributed by atoms with Crippen molar-refractivity contribution in [1.82, 2.24) is 10.0 Å². The van der Waals surface area contributed by atoms with Crippen LogP contribution < -0.4 is 10.0 Å². The number of nitrogens with one attached hydrogen (secondary N) is 2. The molecule has 0 atom stereocenters. The van der Waals surface area contributed by atoms with E-state index in [1.54, 1.807) is 0 Å². The Morgan fingerprint density at radius 2 is 1.79 bits per heavy atom. The van der Waals surface area contributed by atoms with Gasteiger partial charge in [-0.2, -0.15) is 0 Å². The molecule has 19 heavy (non-hydrogen) atoms. The number of hydrogen-bond acceptors (Lipinski definition) is 3. The molecule has 0 bridgehead atoms. The molecule has 4 nitrogen and oxygen atoms in total. The average molecular weight is 290 g/mol. The molecule has 0 unspecified atom stereocenters. The van der Waals surface area contributed by atoms with Crippen LogP contribution in [0.5, 0.6) is 0 Å². The Morgan fingerprint density at radius 3 is 2.42 bits per heavy atom. The molecule has 0 aromatic rings. The lowest BCUT2D eigenvalue weighted by molar-refractivity contribution is 0.219. The lowest BCUT2D eigenvalue weighted by Crippen LogP contribution is -2.38. The van der Waals surface area contributed by atoms with E-state index in [0.29, 0.717) is 13.0 Å². The van der Waals surface area contributed by atoms with E-state index >= 15 is 0 Å². The lowest BCUT2D eigenvalue weighted by Gasteiger charge is -2.33. The Labute approximate surface area is 118 Å². The maximum atomic E-state index is 11.9. The summed E-state index contributed by atoms with van der Waals surface area (Å²) in [5, 5.41) is 3.23. The van der Waals surface area contributed by atoms with Crippen molar-refractivity contribution in [2.45, 2.75) is 58.8 Å². The molecule has 2 N–H and O–H groups in total. The highest BCUT2D eigenvalue weighted by molar-refractivity contribution is 7.89. The van der Waals surface area contributed by atoms with Gasteiger partial charge in [-0.15, -0.1) is 0 Å². The standard InChI is InChI=1S/C14H30N2O2S/c1-3-10-15-11-7-12-19(17,18)16-13-14(2)8-5-4-6-9-14/h15-16H,3-13H2,1-2H3. The van der Waals surface area contributed by atoms with Gasteiger partial charge in [0, 0.05) is 6.54 Å². The summed E-state index contributed by atoms with van der Waals surface area (Å²) >= 11 is 0. The molecule has 0 aromatic carbocycles. The molecule has 114 valence electrons. The van der Waals surface area contributed by atoms with Crippen LogP contribution in [0.3, 0.4) is 0 Å². The fourth-order valence-corrected chi connectivity index (χ4v) is 3.86. The Balaban J connectivity index is 2.22. The highest BCUT2D eigenvalue weighted by atomic mass is 32.2. The van der Waals surface area contributed by atoms with E-state index in [1.165, 1.54) is 19.3 Å². The van der Waals surface area contributed by atoms with Crippen molar-refractivity contribution in [3.05, 3.63) is 0 Å². The second-order valence-corrected chi connectivity index (χ2v) is 8.04. The summed E-state index contributed by atoms with van der Waals surface area (Å²) in [5.74, 6) is 0.236. The van der Waals surface area contributed by atoms with Crippen molar-refractivity contribution in [2.24, 2.45) is 5.41 Å². The topological polar surface area (TPSA) is 58.2 Å². The maximum Gasteiger partial charge on any atom is 0.211 e. The van der Waals surface area contributed by atoms with Gasteiger partial charge in [-0.05, 0) is 44.2 Å². The zero-order valence-corrected chi connectivity index (χ0v) is 13.3. The van der Waals surface area contributed by atoms with Crippen LogP contribution in [0.1, 0.15) is 58.8 Å². The van der Waals surface area contributed by atoms with Gasteiger partial charge in [0.25, 0.3) is 0 Å². The lowest BCUT2D eigenvalue weighted by atomic mass is 9.76. The molecule has 0 radical (unpaired) electrons. The van der Waals surface area contributed by atoms with E-state index in [9.17, 15) is 8.42 Å². The smallest absolute Gasteiger partial charge is 0.211 e. The van der Waals surface area contributed by atoms with Gasteiger partial charge in [0.2, 0.25) is 10.0 Å². The van der Waals surface area contributed by atoms with Crippen LogP contribution in [0.15, 0.2) is 0 Å². The molecule has 1 aliphatic rings. The maximum absolute atomic E-state index is 11.9. The molecule has 0 heterocycles. The second-order valence-electron chi connectivity index (χ2n) is 6.11. The predicted octanol–water partition coefficient (Wildman–Crippen LogP) is 2.27. The first-order valence-electron chi connectivity index (χ1n) is 7.65. The van der Waals surface area contributed by atoms with Crippen LogP contribution in [0.4, 0.5) is 0 Å². The predicted molar refractivity (Wildman–Crippen MR) is 80.8 cm³/mol. The molecule has 1 fully saturated rings. The van der Waals surface area contributed by atoms with Crippen LogP contribution in [0.25, 0.3) is 0 Å². The van der Waals surface area contributed by atoms with Crippen molar-refractivity contribution < 1.29 is 8.42 Å². The van der Waals surface area contributed by atoms with Crippen molar-refractivity contribution in [3.63, 3.8) is 0 Å². The van der Waals surface area contributed by atoms with E-state index < -0.39 is 10.0 Å². The highest BCUT2D eigenvalue weighted by Gasteiger charge is 2.28. The third-order valence-electron chi connectivity index (χ3n) is 3.97. The highest BCUT2D eigenvalue weighted by Crippen LogP contribution is 2.35. The molecule has 1 rings (SSSR count). The fourth-order valence-electron chi connectivity index (χ4n) is 2.63. The molecular weight excluding hydrogens is 260 g/mol. The molecular formula is C14H30N2O2S. The summed E-state index contributed by atoms with van der Waals surface area (Å²) in [4.78, 5) is 0. The minimum atomic E-state index is -3.10. The minimum absolute atomic E-state index is 0.172. The Hall–Kier alpha value is -0.130. The molecule has 0 saturated heterocycles. The molecule has 0 amide bonds. The first kappa shape index (κ1) is 16.9. The van der Waals surface area contributed by atoms with Crippen molar-refractivity contribution in [1.29, 1.82) is 0 Å². The van der Waals surface area contributed by atoms with Gasteiger partial charge < -0.3 is 5.32 Å². The first-order chi connectivity index (χ1) is 8.97. The summed E-state index contributed by atoms with van der Waals surface area (Å²) in [7, 11) is -3.10. The Bertz CT molecular complexity index is 335. The normalized spacial score (nSPS) is 19.5. The van der Waals surface area contributed by atoms with Crippen molar-refractivity contribution >= 4 is 10.0 Å². The molecule has 0 aliphatic heterocycles. The Morgan fingerprint density at radius 1 is 1.11 bits per heavy atom. The molecule has 5 heteroatoms. The number of rotatable bonds is 9. The van der Waals surface area contributed by atoms with Crippen LogP contribution in [-0.4, -0.2) is 33.8 Å². The van der Waals surface area contributed by atoms with Gasteiger partial charge in [0.15, 0.2) is 0 Å². The van der Waals surface area contributed by atoms with Gasteiger partial charge in [-0.25, -0.2) is 13.1 Å². The van der Waals surface area contributed by atoms with Crippen LogP contribution in [0, 0.1) is 5.41 Å². The van der Waals surface area contributed by atoms with Crippen molar-refractivity contribution in [2.75, 3.05) is 25.4 Å². The van der Waals surface area contributed by atoms with Gasteiger partial charge in [0.1, 0.15) is 0 Å². The third kappa shape index (κ3) is 7.28. The summed E-state index contributed by atoms with van der Waals surface area (Å²) in [6.07, 6.45) is 7.83. The first-order valence-corrected chi connectivity index (χ1v) is 9.31. The summed E-state index contributed by atoms with van der Waals surface area (Å²) in [6, 6.07) is 0. The van der Waals surface area contributed by atoms with Crippen LogP contribution in [0.2, 0.25) is 0 Å². The van der Waals surface area contributed by atoms with Crippen LogP contribution >= 0.6 is 0 Å². The summed E-state index contributed by atoms with van der Waals surface area (Å²) in [6.45, 7) is 6.67. The van der Waals surface area contributed by atoms with Gasteiger partial charge in [-0.3, -0.25) is 0 Å². The molecule has 0 spiro atoms. The van der Waals surface area contributed by atoms with E-state index in [1.807, 2.05) is 0 Å². The summed E-state index contributed by atoms with van der Waals surface area (Å²) < 4.78 is 26.6.